The van der Waals surface area contributed by atoms with Gasteiger partial charge in [-0.25, -0.2) is 4.79 Å². The third-order valence-corrected chi connectivity index (χ3v) is 2.77. The number of rotatable bonds is 2. The van der Waals surface area contributed by atoms with Gasteiger partial charge in [0, 0.05) is 22.9 Å². The predicted octanol–water partition coefficient (Wildman–Crippen LogP) is 3.04. The van der Waals surface area contributed by atoms with Crippen molar-refractivity contribution in [1.29, 1.82) is 0 Å². The molecular weight excluding hydrogens is 244 g/mol. The maximum Gasteiger partial charge on any atom is 0.341 e. The summed E-state index contributed by atoms with van der Waals surface area (Å²) in [5, 5.41) is 13.3. The molecule has 0 bridgehead atoms. The van der Waals surface area contributed by atoms with E-state index in [1.807, 2.05) is 33.8 Å². The van der Waals surface area contributed by atoms with E-state index in [9.17, 15) is 9.90 Å². The average molecular weight is 260 g/mol. The molecule has 0 aliphatic carbocycles. The van der Waals surface area contributed by atoms with E-state index in [0.29, 0.717) is 17.0 Å². The molecule has 0 atom stereocenters. The van der Waals surface area contributed by atoms with Crippen molar-refractivity contribution in [3.63, 3.8) is 0 Å². The number of carbonyl (C=O) groups is 1. The Hall–Kier alpha value is -2.17. The van der Waals surface area contributed by atoms with Crippen molar-refractivity contribution >= 4 is 5.97 Å². The van der Waals surface area contributed by atoms with Crippen LogP contribution in [0.1, 0.15) is 42.6 Å². The fourth-order valence-electron chi connectivity index (χ4n) is 1.81. The van der Waals surface area contributed by atoms with Crippen LogP contribution in [-0.2, 0) is 5.41 Å². The molecule has 0 aliphatic heterocycles. The van der Waals surface area contributed by atoms with Crippen LogP contribution in [0, 0.1) is 6.92 Å². The Bertz CT molecular complexity index is 607. The highest BCUT2D eigenvalue weighted by molar-refractivity contribution is 5.96. The SMILES string of the molecule is Cc1ccc(-c2noc(C(C)(C)C)c2C(=O)O)cn1. The summed E-state index contributed by atoms with van der Waals surface area (Å²) in [6.07, 6.45) is 1.60. The third kappa shape index (κ3) is 2.50. The number of carboxylic acids is 1. The minimum absolute atomic E-state index is 0.109. The van der Waals surface area contributed by atoms with Gasteiger partial charge in [-0.3, -0.25) is 4.98 Å². The van der Waals surface area contributed by atoms with E-state index in [2.05, 4.69) is 10.1 Å². The van der Waals surface area contributed by atoms with Gasteiger partial charge in [0.2, 0.25) is 0 Å². The molecule has 2 rings (SSSR count). The van der Waals surface area contributed by atoms with Crippen molar-refractivity contribution < 1.29 is 14.4 Å². The van der Waals surface area contributed by atoms with Crippen molar-refractivity contribution in [2.24, 2.45) is 0 Å². The van der Waals surface area contributed by atoms with Crippen molar-refractivity contribution in [2.75, 3.05) is 0 Å². The van der Waals surface area contributed by atoms with Gasteiger partial charge in [0.05, 0.1) is 0 Å². The smallest absolute Gasteiger partial charge is 0.341 e. The molecule has 0 aromatic carbocycles. The first-order valence-corrected chi connectivity index (χ1v) is 5.97. The topological polar surface area (TPSA) is 76.2 Å². The monoisotopic (exact) mass is 260 g/mol. The number of pyridine rings is 1. The van der Waals surface area contributed by atoms with Crippen molar-refractivity contribution in [2.45, 2.75) is 33.1 Å². The Balaban J connectivity index is 2.62. The highest BCUT2D eigenvalue weighted by Crippen LogP contribution is 2.32. The molecule has 0 saturated heterocycles. The lowest BCUT2D eigenvalue weighted by atomic mass is 9.89. The molecule has 0 amide bonds. The molecule has 5 heteroatoms. The summed E-state index contributed by atoms with van der Waals surface area (Å²) >= 11 is 0. The molecule has 19 heavy (non-hydrogen) atoms. The zero-order valence-electron chi connectivity index (χ0n) is 11.4. The summed E-state index contributed by atoms with van der Waals surface area (Å²) in [5.41, 5.74) is 1.52. The standard InChI is InChI=1S/C14H16N2O3/c1-8-5-6-9(7-15-8)11-10(13(17)18)12(19-16-11)14(2,3)4/h5-7H,1-4H3,(H,17,18). The summed E-state index contributed by atoms with van der Waals surface area (Å²) in [4.78, 5) is 15.6. The Morgan fingerprint density at radius 1 is 1.32 bits per heavy atom. The summed E-state index contributed by atoms with van der Waals surface area (Å²) in [7, 11) is 0. The number of nitrogens with zero attached hydrogens (tertiary/aromatic N) is 2. The van der Waals surface area contributed by atoms with Crippen LogP contribution in [0.15, 0.2) is 22.9 Å². The normalized spacial score (nSPS) is 11.6. The van der Waals surface area contributed by atoms with Crippen molar-refractivity contribution in [3.05, 3.63) is 35.3 Å². The Morgan fingerprint density at radius 3 is 2.47 bits per heavy atom. The van der Waals surface area contributed by atoms with E-state index in [4.69, 9.17) is 4.52 Å². The van der Waals surface area contributed by atoms with Gasteiger partial charge in [-0.2, -0.15) is 0 Å². The largest absolute Gasteiger partial charge is 0.477 e. The van der Waals surface area contributed by atoms with Crippen LogP contribution in [0.3, 0.4) is 0 Å². The number of carboxylic acid groups (broad SMARTS) is 1. The van der Waals surface area contributed by atoms with Crippen LogP contribution in [0.5, 0.6) is 0 Å². The molecule has 0 saturated carbocycles. The zero-order valence-corrected chi connectivity index (χ0v) is 11.4. The van der Waals surface area contributed by atoms with Crippen LogP contribution < -0.4 is 0 Å². The van der Waals surface area contributed by atoms with Crippen LogP contribution in [0.25, 0.3) is 11.3 Å². The molecule has 0 spiro atoms. The lowest BCUT2D eigenvalue weighted by Crippen LogP contribution is -2.15. The summed E-state index contributed by atoms with van der Waals surface area (Å²) in [6.45, 7) is 7.52. The van der Waals surface area contributed by atoms with Crippen LogP contribution in [-0.4, -0.2) is 21.2 Å². The molecule has 1 N–H and O–H groups in total. The third-order valence-electron chi connectivity index (χ3n) is 2.77. The average Bonchev–Trinajstić information content (AvgIpc) is 2.74. The van der Waals surface area contributed by atoms with E-state index in [-0.39, 0.29) is 5.56 Å². The highest BCUT2D eigenvalue weighted by Gasteiger charge is 2.31. The minimum Gasteiger partial charge on any atom is -0.477 e. The maximum absolute atomic E-state index is 11.5. The molecule has 0 radical (unpaired) electrons. The minimum atomic E-state index is -1.04. The predicted molar refractivity (Wildman–Crippen MR) is 70.1 cm³/mol. The quantitative estimate of drug-likeness (QED) is 0.898. The van der Waals surface area contributed by atoms with Crippen LogP contribution >= 0.6 is 0 Å². The molecular formula is C14H16N2O3. The van der Waals surface area contributed by atoms with Gasteiger partial charge in [-0.1, -0.05) is 25.9 Å². The van der Waals surface area contributed by atoms with Crippen molar-refractivity contribution in [3.8, 4) is 11.3 Å². The van der Waals surface area contributed by atoms with Gasteiger partial charge < -0.3 is 9.63 Å². The summed E-state index contributed by atoms with van der Waals surface area (Å²) < 4.78 is 5.25. The van der Waals surface area contributed by atoms with E-state index < -0.39 is 11.4 Å². The molecule has 2 aromatic heterocycles. The van der Waals surface area contributed by atoms with E-state index in [0.717, 1.165) is 5.69 Å². The Labute approximate surface area is 111 Å². The lowest BCUT2D eigenvalue weighted by Gasteiger charge is -2.14. The lowest BCUT2D eigenvalue weighted by molar-refractivity contribution is 0.0693. The Kier molecular flexibility index (Phi) is 3.14. The van der Waals surface area contributed by atoms with Gasteiger partial charge in [0.1, 0.15) is 11.3 Å². The second-order valence-electron chi connectivity index (χ2n) is 5.48. The highest BCUT2D eigenvalue weighted by atomic mass is 16.5. The van der Waals surface area contributed by atoms with Gasteiger partial charge in [-0.15, -0.1) is 0 Å². The first-order chi connectivity index (χ1) is 8.80. The first-order valence-electron chi connectivity index (χ1n) is 5.97. The number of aromatic carboxylic acids is 1. The second kappa shape index (κ2) is 4.50. The van der Waals surface area contributed by atoms with Gasteiger partial charge in [0.15, 0.2) is 5.76 Å². The number of aromatic nitrogens is 2. The zero-order chi connectivity index (χ0) is 14.2. The van der Waals surface area contributed by atoms with Crippen LogP contribution in [0.4, 0.5) is 0 Å². The van der Waals surface area contributed by atoms with Crippen molar-refractivity contribution in [1.82, 2.24) is 10.1 Å². The fourth-order valence-corrected chi connectivity index (χ4v) is 1.81. The van der Waals surface area contributed by atoms with E-state index >= 15 is 0 Å². The molecule has 0 unspecified atom stereocenters. The molecule has 2 heterocycles. The van der Waals surface area contributed by atoms with Gasteiger partial charge >= 0.3 is 5.97 Å². The van der Waals surface area contributed by atoms with E-state index in [1.165, 1.54) is 0 Å². The number of aryl methyl sites for hydroxylation is 1. The molecule has 5 nitrogen and oxygen atoms in total. The second-order valence-corrected chi connectivity index (χ2v) is 5.48. The molecule has 100 valence electrons. The van der Waals surface area contributed by atoms with E-state index in [1.54, 1.807) is 12.3 Å². The Morgan fingerprint density at radius 2 is 2.00 bits per heavy atom. The fraction of sp³-hybridized carbons (Fsp3) is 0.357. The maximum atomic E-state index is 11.5. The van der Waals surface area contributed by atoms with Crippen LogP contribution in [0.2, 0.25) is 0 Å². The molecule has 0 aliphatic rings. The number of hydrogen-bond acceptors (Lipinski definition) is 4. The molecule has 2 aromatic rings. The first kappa shape index (κ1) is 13.3. The molecule has 0 fully saturated rings. The number of hydrogen-bond donors (Lipinski definition) is 1. The summed E-state index contributed by atoms with van der Waals surface area (Å²) in [5.74, 6) is -0.669. The van der Waals surface area contributed by atoms with Gasteiger partial charge in [-0.05, 0) is 19.1 Å². The van der Waals surface area contributed by atoms with Gasteiger partial charge in [0.25, 0.3) is 0 Å². The summed E-state index contributed by atoms with van der Waals surface area (Å²) in [6, 6.07) is 3.60.